The fraction of sp³-hybridized carbons (Fsp3) is 0.368. The van der Waals surface area contributed by atoms with Gasteiger partial charge >= 0.3 is 5.97 Å². The first-order chi connectivity index (χ1) is 12.2. The van der Waals surface area contributed by atoms with Crippen molar-refractivity contribution in [2.24, 2.45) is 0 Å². The minimum absolute atomic E-state index is 0.161. The monoisotopic (exact) mass is 359 g/mol. The summed E-state index contributed by atoms with van der Waals surface area (Å²) < 4.78 is 10.7. The molecule has 1 heterocycles. The molecule has 1 unspecified atom stereocenters. The van der Waals surface area contributed by atoms with Crippen LogP contribution in [-0.2, 0) is 9.53 Å². The highest BCUT2D eigenvalue weighted by molar-refractivity contribution is 7.11. The molecule has 0 radical (unpaired) electrons. The molecule has 2 aromatic rings. The van der Waals surface area contributed by atoms with Gasteiger partial charge in [0, 0.05) is 11.6 Å². The zero-order valence-corrected chi connectivity index (χ0v) is 14.9. The summed E-state index contributed by atoms with van der Waals surface area (Å²) in [5.74, 6) is -0.0809. The third-order valence-corrected chi connectivity index (χ3v) is 5.16. The maximum atomic E-state index is 12.7. The van der Waals surface area contributed by atoms with E-state index in [1.807, 2.05) is 0 Å². The molecule has 0 aliphatic heterocycles. The van der Waals surface area contributed by atoms with Crippen molar-refractivity contribution in [3.63, 3.8) is 0 Å². The van der Waals surface area contributed by atoms with Crippen LogP contribution in [0.4, 0.5) is 0 Å². The number of ether oxygens (including phenoxy) is 2. The van der Waals surface area contributed by atoms with Gasteiger partial charge in [0.05, 0.1) is 7.11 Å². The fourth-order valence-electron chi connectivity index (χ4n) is 2.96. The first-order valence-corrected chi connectivity index (χ1v) is 9.24. The molecule has 1 saturated carbocycles. The van der Waals surface area contributed by atoms with Crippen molar-refractivity contribution in [1.82, 2.24) is 5.32 Å². The molecular weight excluding hydrogens is 338 g/mol. The Morgan fingerprint density at radius 3 is 2.48 bits per heavy atom. The van der Waals surface area contributed by atoms with E-state index in [0.717, 1.165) is 25.7 Å². The van der Waals surface area contributed by atoms with Crippen molar-refractivity contribution < 1.29 is 19.1 Å². The predicted molar refractivity (Wildman–Crippen MR) is 95.9 cm³/mol. The molecule has 0 saturated heterocycles. The van der Waals surface area contributed by atoms with Gasteiger partial charge < -0.3 is 14.8 Å². The predicted octanol–water partition coefficient (Wildman–Crippen LogP) is 3.71. The van der Waals surface area contributed by atoms with Gasteiger partial charge in [0.1, 0.15) is 10.6 Å². The lowest BCUT2D eigenvalue weighted by molar-refractivity contribution is -0.131. The number of esters is 1. The van der Waals surface area contributed by atoms with Gasteiger partial charge in [-0.05, 0) is 36.4 Å². The van der Waals surface area contributed by atoms with Gasteiger partial charge in [0.15, 0.2) is 0 Å². The standard InChI is InChI=1S/C19H21NO4S/c1-23-15-10-8-13(9-11-15)17(18(21)20-14-5-2-3-6-14)24-19(22)16-7-4-12-25-16/h4,7-12,14,17H,2-3,5-6H2,1H3,(H,20,21). The van der Waals surface area contributed by atoms with Gasteiger partial charge in [-0.2, -0.15) is 0 Å². The van der Waals surface area contributed by atoms with E-state index >= 15 is 0 Å². The summed E-state index contributed by atoms with van der Waals surface area (Å²) in [5, 5.41) is 4.82. The smallest absolute Gasteiger partial charge is 0.349 e. The van der Waals surface area contributed by atoms with E-state index in [1.165, 1.54) is 11.3 Å². The van der Waals surface area contributed by atoms with E-state index < -0.39 is 12.1 Å². The average molecular weight is 359 g/mol. The van der Waals surface area contributed by atoms with Crippen molar-refractivity contribution in [3.8, 4) is 5.75 Å². The van der Waals surface area contributed by atoms with Crippen molar-refractivity contribution in [3.05, 3.63) is 52.2 Å². The summed E-state index contributed by atoms with van der Waals surface area (Å²) in [7, 11) is 1.58. The Labute approximate surface area is 151 Å². The highest BCUT2D eigenvalue weighted by Crippen LogP contribution is 2.25. The number of carbonyl (C=O) groups is 2. The van der Waals surface area contributed by atoms with Gasteiger partial charge in [0.2, 0.25) is 6.10 Å². The molecule has 1 atom stereocenters. The van der Waals surface area contributed by atoms with E-state index in [-0.39, 0.29) is 11.9 Å². The number of methoxy groups -OCH3 is 1. The van der Waals surface area contributed by atoms with Crippen LogP contribution in [0.25, 0.3) is 0 Å². The van der Waals surface area contributed by atoms with Crippen LogP contribution in [0.3, 0.4) is 0 Å². The Kier molecular flexibility index (Phi) is 5.71. The summed E-state index contributed by atoms with van der Waals surface area (Å²) in [6.07, 6.45) is 3.21. The number of hydrogen-bond acceptors (Lipinski definition) is 5. The van der Waals surface area contributed by atoms with E-state index in [1.54, 1.807) is 48.9 Å². The Balaban J connectivity index is 1.78. The maximum absolute atomic E-state index is 12.7. The van der Waals surface area contributed by atoms with Crippen molar-refractivity contribution in [1.29, 1.82) is 0 Å². The van der Waals surface area contributed by atoms with Crippen molar-refractivity contribution in [2.45, 2.75) is 37.8 Å². The first kappa shape index (κ1) is 17.5. The van der Waals surface area contributed by atoms with E-state index in [2.05, 4.69) is 5.32 Å². The highest BCUT2D eigenvalue weighted by atomic mass is 32.1. The van der Waals surface area contributed by atoms with Crippen LogP contribution in [0, 0.1) is 0 Å². The van der Waals surface area contributed by atoms with E-state index in [9.17, 15) is 9.59 Å². The van der Waals surface area contributed by atoms with Crippen LogP contribution >= 0.6 is 11.3 Å². The quantitative estimate of drug-likeness (QED) is 0.799. The summed E-state index contributed by atoms with van der Waals surface area (Å²) in [4.78, 5) is 25.6. The van der Waals surface area contributed by atoms with Crippen LogP contribution in [0.5, 0.6) is 5.75 Å². The van der Waals surface area contributed by atoms with Crippen LogP contribution in [0.2, 0.25) is 0 Å². The molecule has 1 N–H and O–H groups in total. The van der Waals surface area contributed by atoms with Crippen LogP contribution < -0.4 is 10.1 Å². The van der Waals surface area contributed by atoms with Gasteiger partial charge in [-0.3, -0.25) is 4.79 Å². The maximum Gasteiger partial charge on any atom is 0.349 e. The van der Waals surface area contributed by atoms with Crippen LogP contribution in [0.15, 0.2) is 41.8 Å². The number of amides is 1. The molecule has 6 heteroatoms. The van der Waals surface area contributed by atoms with Gasteiger partial charge in [0.25, 0.3) is 5.91 Å². The average Bonchev–Trinajstić information content (AvgIpc) is 3.33. The van der Waals surface area contributed by atoms with E-state index in [0.29, 0.717) is 16.2 Å². The number of benzene rings is 1. The molecule has 1 aliphatic rings. The molecule has 1 amide bonds. The molecule has 0 spiro atoms. The molecule has 1 aliphatic carbocycles. The Morgan fingerprint density at radius 2 is 1.88 bits per heavy atom. The molecule has 3 rings (SSSR count). The van der Waals surface area contributed by atoms with Gasteiger partial charge in [-0.15, -0.1) is 11.3 Å². The normalized spacial score (nSPS) is 15.6. The summed E-state index contributed by atoms with van der Waals surface area (Å²) >= 11 is 1.29. The molecule has 0 bridgehead atoms. The number of rotatable bonds is 6. The first-order valence-electron chi connectivity index (χ1n) is 8.36. The molecule has 5 nitrogen and oxygen atoms in total. The lowest BCUT2D eigenvalue weighted by Gasteiger charge is -2.20. The molecule has 132 valence electrons. The third kappa shape index (κ3) is 4.39. The summed E-state index contributed by atoms with van der Waals surface area (Å²) in [6.45, 7) is 0. The molecule has 1 fully saturated rings. The lowest BCUT2D eigenvalue weighted by atomic mass is 10.1. The second-order valence-electron chi connectivity index (χ2n) is 6.03. The van der Waals surface area contributed by atoms with Crippen molar-refractivity contribution in [2.75, 3.05) is 7.11 Å². The van der Waals surface area contributed by atoms with Crippen molar-refractivity contribution >= 4 is 23.2 Å². The number of carbonyl (C=O) groups excluding carboxylic acids is 2. The van der Waals surface area contributed by atoms with Crippen LogP contribution in [0.1, 0.15) is 47.0 Å². The Bertz CT molecular complexity index is 706. The number of hydrogen-bond donors (Lipinski definition) is 1. The minimum atomic E-state index is -0.971. The Morgan fingerprint density at radius 1 is 1.16 bits per heavy atom. The van der Waals surface area contributed by atoms with Gasteiger partial charge in [-0.25, -0.2) is 4.79 Å². The number of nitrogens with one attached hydrogen (secondary N) is 1. The van der Waals surface area contributed by atoms with Crippen LogP contribution in [-0.4, -0.2) is 25.0 Å². The lowest BCUT2D eigenvalue weighted by Crippen LogP contribution is -2.38. The van der Waals surface area contributed by atoms with E-state index in [4.69, 9.17) is 9.47 Å². The summed E-state index contributed by atoms with van der Waals surface area (Å²) in [6, 6.07) is 10.6. The zero-order chi connectivity index (χ0) is 17.6. The molecular formula is C19H21NO4S. The fourth-order valence-corrected chi connectivity index (χ4v) is 3.56. The third-order valence-electron chi connectivity index (χ3n) is 4.31. The molecule has 1 aromatic carbocycles. The summed E-state index contributed by atoms with van der Waals surface area (Å²) in [5.41, 5.74) is 0.626. The highest BCUT2D eigenvalue weighted by Gasteiger charge is 2.28. The second-order valence-corrected chi connectivity index (χ2v) is 6.97. The second kappa shape index (κ2) is 8.16. The van der Waals surface area contributed by atoms with Gasteiger partial charge in [-0.1, -0.05) is 31.0 Å². The number of thiophene rings is 1. The zero-order valence-electron chi connectivity index (χ0n) is 14.1. The largest absolute Gasteiger partial charge is 0.497 e. The molecule has 25 heavy (non-hydrogen) atoms. The Hall–Kier alpha value is -2.34. The topological polar surface area (TPSA) is 64.6 Å². The SMILES string of the molecule is COc1ccc(C(OC(=O)c2cccs2)C(=O)NC2CCCC2)cc1. The molecule has 1 aromatic heterocycles. The minimum Gasteiger partial charge on any atom is -0.497 e.